The molecule has 1 aromatic carbocycles. The molecule has 2 aliphatic rings. The number of benzene rings is 1. The van der Waals surface area contributed by atoms with Crippen LogP contribution in [-0.2, 0) is 10.2 Å². The van der Waals surface area contributed by atoms with Crippen molar-refractivity contribution in [3.63, 3.8) is 0 Å². The zero-order chi connectivity index (χ0) is 9.92. The van der Waals surface area contributed by atoms with E-state index in [0.29, 0.717) is 11.3 Å². The number of rotatable bonds is 0. The number of carbonyl (C=O) groups is 1. The van der Waals surface area contributed by atoms with E-state index in [0.717, 1.165) is 12.8 Å². The number of carbonyl (C=O) groups excluding carboxylic acids is 1. The van der Waals surface area contributed by atoms with Crippen molar-refractivity contribution in [2.75, 3.05) is 5.32 Å². The van der Waals surface area contributed by atoms with Gasteiger partial charge in [0.1, 0.15) is 13.7 Å². The molecule has 0 aromatic heterocycles. The molecule has 0 bridgehead atoms. The molecular formula is C10H7BFNO. The smallest absolute Gasteiger partial charge is 0.235 e. The molecule has 1 aliphatic carbocycles. The van der Waals surface area contributed by atoms with E-state index >= 15 is 0 Å². The van der Waals surface area contributed by atoms with Gasteiger partial charge in [0.05, 0.1) is 5.41 Å². The van der Waals surface area contributed by atoms with Crippen molar-refractivity contribution in [1.82, 2.24) is 0 Å². The van der Waals surface area contributed by atoms with Crippen molar-refractivity contribution >= 4 is 24.9 Å². The second-order valence-corrected chi connectivity index (χ2v) is 3.93. The van der Waals surface area contributed by atoms with Gasteiger partial charge in [0.2, 0.25) is 5.91 Å². The molecule has 2 nitrogen and oxygen atoms in total. The summed E-state index contributed by atoms with van der Waals surface area (Å²) in [5.41, 5.74) is 0.586. The van der Waals surface area contributed by atoms with E-state index < -0.39 is 11.2 Å². The van der Waals surface area contributed by atoms with Crippen LogP contribution in [0, 0.1) is 5.82 Å². The summed E-state index contributed by atoms with van der Waals surface area (Å²) in [4.78, 5) is 11.6. The van der Waals surface area contributed by atoms with Crippen molar-refractivity contribution in [3.05, 3.63) is 23.5 Å². The van der Waals surface area contributed by atoms with Gasteiger partial charge < -0.3 is 5.32 Å². The molecule has 1 spiro atoms. The molecule has 1 fully saturated rings. The lowest BCUT2D eigenvalue weighted by molar-refractivity contribution is -0.117. The van der Waals surface area contributed by atoms with E-state index in [1.807, 2.05) is 0 Å². The Kier molecular flexibility index (Phi) is 1.26. The van der Waals surface area contributed by atoms with Gasteiger partial charge in [-0.25, -0.2) is 4.39 Å². The minimum Gasteiger partial charge on any atom is -0.325 e. The molecule has 1 heterocycles. The highest BCUT2D eigenvalue weighted by atomic mass is 19.1. The van der Waals surface area contributed by atoms with E-state index in [9.17, 15) is 9.18 Å². The fraction of sp³-hybridized carbons (Fsp3) is 0.300. The fourth-order valence-corrected chi connectivity index (χ4v) is 2.12. The number of hydrogen-bond donors (Lipinski definition) is 1. The molecule has 1 aliphatic heterocycles. The van der Waals surface area contributed by atoms with Crippen LogP contribution in [0.5, 0.6) is 0 Å². The van der Waals surface area contributed by atoms with Crippen molar-refractivity contribution < 1.29 is 9.18 Å². The minimum absolute atomic E-state index is 0.0861. The lowest BCUT2D eigenvalue weighted by atomic mass is 9.88. The summed E-state index contributed by atoms with van der Waals surface area (Å²) in [7, 11) is 5.47. The number of hydrogen-bond acceptors (Lipinski definition) is 1. The molecule has 4 heteroatoms. The van der Waals surface area contributed by atoms with Crippen LogP contribution in [0.3, 0.4) is 0 Å². The van der Waals surface area contributed by atoms with Crippen molar-refractivity contribution in [2.45, 2.75) is 18.3 Å². The van der Waals surface area contributed by atoms with Crippen LogP contribution in [0.25, 0.3) is 0 Å². The first kappa shape index (κ1) is 8.03. The van der Waals surface area contributed by atoms with Gasteiger partial charge in [-0.05, 0) is 18.9 Å². The molecule has 0 unspecified atom stereocenters. The summed E-state index contributed by atoms with van der Waals surface area (Å²) in [6, 6.07) is 3.15. The molecule has 0 saturated heterocycles. The summed E-state index contributed by atoms with van der Waals surface area (Å²) in [5, 5.41) is 2.68. The molecule has 1 saturated carbocycles. The van der Waals surface area contributed by atoms with Crippen LogP contribution in [0.2, 0.25) is 0 Å². The van der Waals surface area contributed by atoms with E-state index in [1.165, 1.54) is 6.07 Å². The Bertz CT molecular complexity index is 454. The Morgan fingerprint density at radius 1 is 1.43 bits per heavy atom. The maximum Gasteiger partial charge on any atom is 0.235 e. The highest BCUT2D eigenvalue weighted by molar-refractivity contribution is 6.33. The topological polar surface area (TPSA) is 29.1 Å². The molecule has 68 valence electrons. The maximum atomic E-state index is 13.7. The molecule has 1 amide bonds. The number of fused-ring (bicyclic) bond motifs is 2. The Morgan fingerprint density at radius 3 is 2.79 bits per heavy atom. The summed E-state index contributed by atoms with van der Waals surface area (Å²) in [6.07, 6.45) is 1.46. The third-order valence-electron chi connectivity index (χ3n) is 3.08. The zero-order valence-corrected chi connectivity index (χ0v) is 7.43. The largest absolute Gasteiger partial charge is 0.325 e. The van der Waals surface area contributed by atoms with Crippen molar-refractivity contribution in [3.8, 4) is 0 Å². The average Bonchev–Trinajstić information content (AvgIpc) is 2.87. The summed E-state index contributed by atoms with van der Waals surface area (Å²) in [5.74, 6) is -0.518. The summed E-state index contributed by atoms with van der Waals surface area (Å²) in [6.45, 7) is 0. The van der Waals surface area contributed by atoms with Gasteiger partial charge >= 0.3 is 0 Å². The fourth-order valence-electron chi connectivity index (χ4n) is 2.12. The monoisotopic (exact) mass is 187 g/mol. The average molecular weight is 187 g/mol. The van der Waals surface area contributed by atoms with Crippen LogP contribution in [0.15, 0.2) is 12.1 Å². The van der Waals surface area contributed by atoms with Gasteiger partial charge in [0.15, 0.2) is 0 Å². The molecular weight excluding hydrogens is 180 g/mol. The number of anilines is 1. The van der Waals surface area contributed by atoms with E-state index in [1.54, 1.807) is 6.07 Å². The first-order chi connectivity index (χ1) is 6.65. The summed E-state index contributed by atoms with van der Waals surface area (Å²) >= 11 is 0. The molecule has 14 heavy (non-hydrogen) atoms. The SMILES string of the molecule is [B]c1ccc2c(c1F)C1(CC1)C(=O)N2. The molecule has 3 rings (SSSR count). The highest BCUT2D eigenvalue weighted by Gasteiger charge is 2.57. The normalized spacial score (nSPS) is 20.8. The van der Waals surface area contributed by atoms with Crippen LogP contribution >= 0.6 is 0 Å². The molecule has 1 N–H and O–H groups in total. The Balaban J connectivity index is 2.31. The zero-order valence-electron chi connectivity index (χ0n) is 7.43. The molecule has 1 aromatic rings. The number of nitrogens with one attached hydrogen (secondary N) is 1. The maximum absolute atomic E-state index is 13.7. The van der Waals surface area contributed by atoms with Crippen LogP contribution in [-0.4, -0.2) is 13.8 Å². The standard InChI is InChI=1S/C10H7BFNO/c11-5-1-2-6-7(8(5)12)10(3-4-10)9(14)13-6/h1-2H,3-4H2,(H,13,14). The third kappa shape index (κ3) is 0.745. The van der Waals surface area contributed by atoms with Crippen LogP contribution in [0.1, 0.15) is 18.4 Å². The number of amides is 1. The van der Waals surface area contributed by atoms with Gasteiger partial charge in [0, 0.05) is 11.3 Å². The minimum atomic E-state index is -0.588. The quantitative estimate of drug-likeness (QED) is 0.592. The van der Waals surface area contributed by atoms with E-state index in [4.69, 9.17) is 7.85 Å². The van der Waals surface area contributed by atoms with E-state index in [-0.39, 0.29) is 11.4 Å². The second-order valence-electron chi connectivity index (χ2n) is 3.93. The van der Waals surface area contributed by atoms with E-state index in [2.05, 4.69) is 5.32 Å². The highest BCUT2D eigenvalue weighted by Crippen LogP contribution is 2.55. The van der Waals surface area contributed by atoms with Crippen LogP contribution < -0.4 is 10.8 Å². The van der Waals surface area contributed by atoms with Gasteiger partial charge in [-0.2, -0.15) is 0 Å². The van der Waals surface area contributed by atoms with Crippen molar-refractivity contribution in [2.24, 2.45) is 0 Å². The Hall–Kier alpha value is -1.32. The summed E-state index contributed by atoms with van der Waals surface area (Å²) < 4.78 is 13.7. The van der Waals surface area contributed by atoms with Crippen molar-refractivity contribution in [1.29, 1.82) is 0 Å². The lowest BCUT2D eigenvalue weighted by Crippen LogP contribution is -2.21. The lowest BCUT2D eigenvalue weighted by Gasteiger charge is -2.07. The molecule has 0 atom stereocenters. The van der Waals surface area contributed by atoms with Crippen LogP contribution in [0.4, 0.5) is 10.1 Å². The van der Waals surface area contributed by atoms with Gasteiger partial charge in [-0.15, -0.1) is 0 Å². The van der Waals surface area contributed by atoms with Gasteiger partial charge in [-0.1, -0.05) is 11.5 Å². The van der Waals surface area contributed by atoms with Gasteiger partial charge in [0.25, 0.3) is 0 Å². The predicted octanol–water partition coefficient (Wildman–Crippen LogP) is 0.603. The number of halogens is 1. The van der Waals surface area contributed by atoms with Gasteiger partial charge in [-0.3, -0.25) is 4.79 Å². The predicted molar refractivity (Wildman–Crippen MR) is 51.3 cm³/mol. The first-order valence-electron chi connectivity index (χ1n) is 4.55. The Labute approximate surface area is 81.9 Å². The third-order valence-corrected chi connectivity index (χ3v) is 3.08. The first-order valence-corrected chi connectivity index (χ1v) is 4.55. The molecule has 2 radical (unpaired) electrons. The second kappa shape index (κ2) is 2.19. The Morgan fingerprint density at radius 2 is 2.14 bits per heavy atom.